The van der Waals surface area contributed by atoms with Crippen molar-refractivity contribution in [1.82, 2.24) is 19.5 Å². The Kier molecular flexibility index (Phi) is 5.81. The maximum absolute atomic E-state index is 12.3. The Labute approximate surface area is 183 Å². The third kappa shape index (κ3) is 4.95. The molecule has 6 heteroatoms. The number of hydrogen-bond acceptors (Lipinski definition) is 4. The molecule has 31 heavy (non-hydrogen) atoms. The first-order valence-corrected chi connectivity index (χ1v) is 10.9. The number of benzene rings is 1. The highest BCUT2D eigenvalue weighted by atomic mass is 16.6. The Hall–Kier alpha value is -3.15. The Balaban J connectivity index is 1.43. The highest BCUT2D eigenvalue weighted by Gasteiger charge is 2.27. The second kappa shape index (κ2) is 8.53. The molecular weight excluding hydrogens is 388 g/mol. The fourth-order valence-corrected chi connectivity index (χ4v) is 4.03. The van der Waals surface area contributed by atoms with E-state index in [2.05, 4.69) is 40.9 Å². The molecule has 2 aromatic heterocycles. The van der Waals surface area contributed by atoms with Crippen LogP contribution in [0.15, 0.2) is 49.2 Å². The molecule has 1 amide bonds. The average molecular weight is 419 g/mol. The first-order chi connectivity index (χ1) is 14.8. The number of hydrogen-bond donors (Lipinski definition) is 0. The van der Waals surface area contributed by atoms with E-state index in [0.717, 1.165) is 55.0 Å². The number of rotatable bonds is 4. The summed E-state index contributed by atoms with van der Waals surface area (Å²) < 4.78 is 7.38. The van der Waals surface area contributed by atoms with Crippen molar-refractivity contribution < 1.29 is 9.53 Å². The van der Waals surface area contributed by atoms with Gasteiger partial charge >= 0.3 is 6.09 Å². The molecule has 0 saturated carbocycles. The van der Waals surface area contributed by atoms with Gasteiger partial charge in [0.1, 0.15) is 5.60 Å². The standard InChI is InChI=1S/C25H30N4O2/c1-5-21-9-10-23-26-17-22(29(23)27-21)20-8-6-7-19(16-20)15-18-11-13-28(14-12-18)24(30)31-25(2,3)4/h5-10,16-18H,1,11-15H2,2-4H3. The molecule has 1 aliphatic rings. The van der Waals surface area contributed by atoms with Crippen LogP contribution in [0.2, 0.25) is 0 Å². The van der Waals surface area contributed by atoms with Crippen LogP contribution < -0.4 is 0 Å². The van der Waals surface area contributed by atoms with Gasteiger partial charge in [-0.3, -0.25) is 0 Å². The molecule has 4 rings (SSSR count). The Morgan fingerprint density at radius 2 is 2.00 bits per heavy atom. The topological polar surface area (TPSA) is 59.7 Å². The SMILES string of the molecule is C=Cc1ccc2ncc(-c3cccc(CC4CCN(C(=O)OC(C)(C)C)CC4)c3)n2n1. The summed E-state index contributed by atoms with van der Waals surface area (Å²) in [6.07, 6.45) is 6.38. The van der Waals surface area contributed by atoms with Gasteiger partial charge in [0.25, 0.3) is 0 Å². The number of aromatic nitrogens is 3. The van der Waals surface area contributed by atoms with Gasteiger partial charge < -0.3 is 9.64 Å². The summed E-state index contributed by atoms with van der Waals surface area (Å²) in [5, 5.41) is 4.61. The van der Waals surface area contributed by atoms with Crippen LogP contribution in [0.25, 0.3) is 23.0 Å². The van der Waals surface area contributed by atoms with E-state index in [0.29, 0.717) is 5.92 Å². The number of amides is 1. The monoisotopic (exact) mass is 418 g/mol. The first kappa shape index (κ1) is 21.1. The van der Waals surface area contributed by atoms with Crippen molar-refractivity contribution in [3.8, 4) is 11.3 Å². The molecule has 1 fully saturated rings. The van der Waals surface area contributed by atoms with Crippen LogP contribution in [0.4, 0.5) is 4.79 Å². The van der Waals surface area contributed by atoms with Gasteiger partial charge in [-0.25, -0.2) is 14.3 Å². The van der Waals surface area contributed by atoms with Gasteiger partial charge in [0.2, 0.25) is 0 Å². The summed E-state index contributed by atoms with van der Waals surface area (Å²) in [4.78, 5) is 18.6. The number of nitrogens with zero attached hydrogens (tertiary/aromatic N) is 4. The minimum atomic E-state index is -0.451. The molecule has 0 N–H and O–H groups in total. The van der Waals surface area contributed by atoms with Gasteiger partial charge in [0.15, 0.2) is 5.65 Å². The number of likely N-dealkylation sites (tertiary alicyclic amines) is 1. The van der Waals surface area contributed by atoms with Crippen LogP contribution in [0, 0.1) is 5.92 Å². The van der Waals surface area contributed by atoms with E-state index in [-0.39, 0.29) is 6.09 Å². The highest BCUT2D eigenvalue weighted by Crippen LogP contribution is 2.26. The molecule has 0 atom stereocenters. The maximum atomic E-state index is 12.3. The predicted molar refractivity (Wildman–Crippen MR) is 123 cm³/mol. The number of carbonyl (C=O) groups is 1. The van der Waals surface area contributed by atoms with Crippen LogP contribution in [-0.4, -0.2) is 44.3 Å². The van der Waals surface area contributed by atoms with Crippen LogP contribution in [0.5, 0.6) is 0 Å². The molecule has 0 bridgehead atoms. The molecule has 6 nitrogen and oxygen atoms in total. The van der Waals surface area contributed by atoms with Gasteiger partial charge in [-0.2, -0.15) is 5.10 Å². The summed E-state index contributed by atoms with van der Waals surface area (Å²) in [5.41, 5.74) is 4.56. The summed E-state index contributed by atoms with van der Waals surface area (Å²) >= 11 is 0. The molecule has 1 saturated heterocycles. The number of imidazole rings is 1. The zero-order chi connectivity index (χ0) is 22.0. The van der Waals surface area contributed by atoms with Gasteiger partial charge in [0, 0.05) is 18.7 Å². The first-order valence-electron chi connectivity index (χ1n) is 10.9. The molecule has 3 heterocycles. The number of ether oxygens (including phenoxy) is 1. The summed E-state index contributed by atoms with van der Waals surface area (Å²) in [6.45, 7) is 11.0. The Bertz CT molecular complexity index is 1090. The minimum Gasteiger partial charge on any atom is -0.444 e. The Morgan fingerprint density at radius 3 is 2.71 bits per heavy atom. The molecule has 162 valence electrons. The van der Waals surface area contributed by atoms with Crippen LogP contribution in [0.3, 0.4) is 0 Å². The number of fused-ring (bicyclic) bond motifs is 1. The van der Waals surface area contributed by atoms with Crippen molar-refractivity contribution >= 4 is 17.8 Å². The van der Waals surface area contributed by atoms with E-state index >= 15 is 0 Å². The second-order valence-corrected chi connectivity index (χ2v) is 9.19. The molecule has 0 unspecified atom stereocenters. The minimum absolute atomic E-state index is 0.202. The lowest BCUT2D eigenvalue weighted by Crippen LogP contribution is -2.42. The lowest BCUT2D eigenvalue weighted by atomic mass is 9.89. The third-order valence-electron chi connectivity index (χ3n) is 5.61. The fraction of sp³-hybridized carbons (Fsp3) is 0.400. The largest absolute Gasteiger partial charge is 0.444 e. The summed E-state index contributed by atoms with van der Waals surface area (Å²) in [5.74, 6) is 0.557. The van der Waals surface area contributed by atoms with Crippen molar-refractivity contribution in [2.75, 3.05) is 13.1 Å². The maximum Gasteiger partial charge on any atom is 0.410 e. The molecule has 0 spiro atoms. The molecule has 0 radical (unpaired) electrons. The van der Waals surface area contributed by atoms with E-state index in [1.165, 1.54) is 5.56 Å². The molecular formula is C25H30N4O2. The van der Waals surface area contributed by atoms with E-state index in [4.69, 9.17) is 4.74 Å². The molecule has 3 aromatic rings. The fourth-order valence-electron chi connectivity index (χ4n) is 4.03. The zero-order valence-electron chi connectivity index (χ0n) is 18.5. The van der Waals surface area contributed by atoms with Crippen molar-refractivity contribution in [2.45, 2.75) is 45.6 Å². The van der Waals surface area contributed by atoms with E-state index in [1.807, 2.05) is 48.5 Å². The zero-order valence-corrected chi connectivity index (χ0v) is 18.5. The van der Waals surface area contributed by atoms with E-state index in [9.17, 15) is 4.79 Å². The van der Waals surface area contributed by atoms with Crippen LogP contribution in [0.1, 0.15) is 44.9 Å². The van der Waals surface area contributed by atoms with Gasteiger partial charge in [-0.1, -0.05) is 24.8 Å². The molecule has 1 aromatic carbocycles. The molecule has 0 aliphatic carbocycles. The smallest absolute Gasteiger partial charge is 0.410 e. The lowest BCUT2D eigenvalue weighted by molar-refractivity contribution is 0.0184. The normalized spacial score (nSPS) is 15.3. The quantitative estimate of drug-likeness (QED) is 0.582. The van der Waals surface area contributed by atoms with Crippen molar-refractivity contribution in [3.63, 3.8) is 0 Å². The number of piperidine rings is 1. The number of carbonyl (C=O) groups excluding carboxylic acids is 1. The summed E-state index contributed by atoms with van der Waals surface area (Å²) in [7, 11) is 0. The van der Waals surface area contributed by atoms with Crippen molar-refractivity contribution in [3.05, 3.63) is 60.4 Å². The van der Waals surface area contributed by atoms with Crippen molar-refractivity contribution in [1.29, 1.82) is 0 Å². The van der Waals surface area contributed by atoms with Crippen LogP contribution in [-0.2, 0) is 11.2 Å². The van der Waals surface area contributed by atoms with E-state index < -0.39 is 5.60 Å². The van der Waals surface area contributed by atoms with Crippen LogP contribution >= 0.6 is 0 Å². The van der Waals surface area contributed by atoms with Gasteiger partial charge in [-0.05, 0) is 75.8 Å². The predicted octanol–water partition coefficient (Wildman–Crippen LogP) is 5.23. The summed E-state index contributed by atoms with van der Waals surface area (Å²) in [6, 6.07) is 12.5. The van der Waals surface area contributed by atoms with E-state index in [1.54, 1.807) is 6.08 Å². The third-order valence-corrected chi connectivity index (χ3v) is 5.61. The van der Waals surface area contributed by atoms with Gasteiger partial charge in [-0.15, -0.1) is 0 Å². The Morgan fingerprint density at radius 1 is 1.23 bits per heavy atom. The lowest BCUT2D eigenvalue weighted by Gasteiger charge is -2.33. The second-order valence-electron chi connectivity index (χ2n) is 9.19. The van der Waals surface area contributed by atoms with Crippen molar-refractivity contribution in [2.24, 2.45) is 5.92 Å². The van der Waals surface area contributed by atoms with Gasteiger partial charge in [0.05, 0.1) is 17.6 Å². The molecule has 1 aliphatic heterocycles. The highest BCUT2D eigenvalue weighted by molar-refractivity contribution is 5.68. The average Bonchev–Trinajstić information content (AvgIpc) is 3.16.